The lowest BCUT2D eigenvalue weighted by Crippen LogP contribution is -2.13. The van der Waals surface area contributed by atoms with Gasteiger partial charge in [0.2, 0.25) is 0 Å². The largest absolute Gasteiger partial charge is 0.316 e. The van der Waals surface area contributed by atoms with Gasteiger partial charge in [-0.15, -0.1) is 0 Å². The van der Waals surface area contributed by atoms with Crippen LogP contribution in [0, 0.1) is 0 Å². The monoisotopic (exact) mass is 139 g/mol. The first-order chi connectivity index (χ1) is 4.93. The minimum atomic E-state index is 1.19. The maximum atomic E-state index is 3.39. The summed E-state index contributed by atoms with van der Waals surface area (Å²) in [5.74, 6) is 0. The van der Waals surface area contributed by atoms with Crippen molar-refractivity contribution in [1.29, 1.82) is 0 Å². The third kappa shape index (κ3) is 2.53. The van der Waals surface area contributed by atoms with Gasteiger partial charge < -0.3 is 5.32 Å². The van der Waals surface area contributed by atoms with Crippen LogP contribution in [0.5, 0.6) is 0 Å². The van der Waals surface area contributed by atoms with E-state index in [9.17, 15) is 0 Å². The molecular formula is C9H17N. The van der Waals surface area contributed by atoms with Gasteiger partial charge in [-0.05, 0) is 38.8 Å². The molecule has 1 N–H and O–H groups in total. The average molecular weight is 139 g/mol. The average Bonchev–Trinajstić information content (AvgIpc) is 2.17. The van der Waals surface area contributed by atoms with Crippen molar-refractivity contribution in [2.75, 3.05) is 13.1 Å². The molecule has 1 heterocycles. The number of hydrogen-bond acceptors (Lipinski definition) is 1. The van der Waals surface area contributed by atoms with Crippen LogP contribution in [-0.2, 0) is 0 Å². The van der Waals surface area contributed by atoms with Crippen LogP contribution in [0.4, 0.5) is 0 Å². The molecule has 0 aromatic carbocycles. The van der Waals surface area contributed by atoms with E-state index in [1.807, 2.05) is 0 Å². The molecule has 0 saturated carbocycles. The standard InChI is InChI=1S/C9H17N/c1-2-4-9-5-3-7-10-8-6-9/h4,10H,2-3,5-8H2,1H3/b9-4-. The maximum absolute atomic E-state index is 3.39. The van der Waals surface area contributed by atoms with E-state index >= 15 is 0 Å². The minimum Gasteiger partial charge on any atom is -0.316 e. The zero-order valence-electron chi connectivity index (χ0n) is 6.82. The Morgan fingerprint density at radius 3 is 3.10 bits per heavy atom. The molecule has 1 rings (SSSR count). The van der Waals surface area contributed by atoms with Gasteiger partial charge in [-0.25, -0.2) is 0 Å². The Bertz CT molecular complexity index is 106. The predicted octanol–water partition coefficient (Wildman–Crippen LogP) is 2.10. The van der Waals surface area contributed by atoms with Crippen LogP contribution < -0.4 is 5.32 Å². The van der Waals surface area contributed by atoms with Crippen molar-refractivity contribution in [2.24, 2.45) is 0 Å². The smallest absolute Gasteiger partial charge is 0.00116 e. The molecule has 58 valence electrons. The molecule has 0 aliphatic carbocycles. The molecule has 0 unspecified atom stereocenters. The SMILES string of the molecule is CC/C=C1/CCCNCC1. The summed E-state index contributed by atoms with van der Waals surface area (Å²) in [5, 5.41) is 3.39. The highest BCUT2D eigenvalue weighted by atomic mass is 14.8. The molecule has 1 aliphatic rings. The summed E-state index contributed by atoms with van der Waals surface area (Å²) in [6, 6.07) is 0. The predicted molar refractivity (Wildman–Crippen MR) is 45.1 cm³/mol. The third-order valence-electron chi connectivity index (χ3n) is 1.97. The van der Waals surface area contributed by atoms with Gasteiger partial charge in [0, 0.05) is 0 Å². The van der Waals surface area contributed by atoms with Crippen molar-refractivity contribution < 1.29 is 0 Å². The Labute approximate surface area is 63.5 Å². The van der Waals surface area contributed by atoms with Gasteiger partial charge in [-0.1, -0.05) is 18.6 Å². The van der Waals surface area contributed by atoms with Gasteiger partial charge in [-0.2, -0.15) is 0 Å². The van der Waals surface area contributed by atoms with Gasteiger partial charge in [0.1, 0.15) is 0 Å². The fourth-order valence-electron chi connectivity index (χ4n) is 1.43. The molecule has 0 amide bonds. The van der Waals surface area contributed by atoms with E-state index in [-0.39, 0.29) is 0 Å². The zero-order valence-corrected chi connectivity index (χ0v) is 6.82. The number of hydrogen-bond donors (Lipinski definition) is 1. The summed E-state index contributed by atoms with van der Waals surface area (Å²) in [6.45, 7) is 4.61. The fourth-order valence-corrected chi connectivity index (χ4v) is 1.43. The van der Waals surface area contributed by atoms with Crippen LogP contribution in [0.2, 0.25) is 0 Å². The lowest BCUT2D eigenvalue weighted by Gasteiger charge is -1.99. The number of rotatable bonds is 1. The van der Waals surface area contributed by atoms with Crippen LogP contribution in [-0.4, -0.2) is 13.1 Å². The Hall–Kier alpha value is -0.300. The second kappa shape index (κ2) is 4.51. The zero-order chi connectivity index (χ0) is 7.23. The van der Waals surface area contributed by atoms with Crippen molar-refractivity contribution >= 4 is 0 Å². The highest BCUT2D eigenvalue weighted by Gasteiger charge is 2.01. The topological polar surface area (TPSA) is 12.0 Å². The summed E-state index contributed by atoms with van der Waals surface area (Å²) in [6.07, 6.45) is 7.50. The van der Waals surface area contributed by atoms with Crippen molar-refractivity contribution in [3.8, 4) is 0 Å². The molecule has 0 aromatic rings. The Kier molecular flexibility index (Phi) is 3.52. The number of allylic oxidation sites excluding steroid dienone is 1. The van der Waals surface area contributed by atoms with E-state index in [0.29, 0.717) is 0 Å². The van der Waals surface area contributed by atoms with Crippen LogP contribution in [0.25, 0.3) is 0 Å². The Balaban J connectivity index is 2.35. The van der Waals surface area contributed by atoms with Crippen LogP contribution in [0.3, 0.4) is 0 Å². The molecule has 0 radical (unpaired) electrons. The molecule has 1 fully saturated rings. The van der Waals surface area contributed by atoms with Gasteiger partial charge in [-0.3, -0.25) is 0 Å². The van der Waals surface area contributed by atoms with Crippen molar-refractivity contribution in [2.45, 2.75) is 32.6 Å². The Morgan fingerprint density at radius 2 is 2.30 bits per heavy atom. The highest BCUT2D eigenvalue weighted by Crippen LogP contribution is 2.12. The summed E-state index contributed by atoms with van der Waals surface area (Å²) in [7, 11) is 0. The quantitative estimate of drug-likeness (QED) is 0.548. The lowest BCUT2D eigenvalue weighted by molar-refractivity contribution is 0.703. The summed E-state index contributed by atoms with van der Waals surface area (Å²) >= 11 is 0. The summed E-state index contributed by atoms with van der Waals surface area (Å²) < 4.78 is 0. The van der Waals surface area contributed by atoms with E-state index in [0.717, 1.165) is 0 Å². The summed E-state index contributed by atoms with van der Waals surface area (Å²) in [5.41, 5.74) is 1.66. The molecule has 0 bridgehead atoms. The van der Waals surface area contributed by atoms with Crippen LogP contribution >= 0.6 is 0 Å². The molecule has 0 atom stereocenters. The van der Waals surface area contributed by atoms with Gasteiger partial charge in [0.05, 0.1) is 0 Å². The molecule has 10 heavy (non-hydrogen) atoms. The third-order valence-corrected chi connectivity index (χ3v) is 1.97. The molecule has 1 saturated heterocycles. The number of nitrogens with one attached hydrogen (secondary N) is 1. The summed E-state index contributed by atoms with van der Waals surface area (Å²) in [4.78, 5) is 0. The normalized spacial score (nSPS) is 24.7. The van der Waals surface area contributed by atoms with E-state index in [2.05, 4.69) is 18.3 Å². The van der Waals surface area contributed by atoms with Gasteiger partial charge in [0.15, 0.2) is 0 Å². The maximum Gasteiger partial charge on any atom is -0.00116 e. The van der Waals surface area contributed by atoms with Crippen molar-refractivity contribution in [3.63, 3.8) is 0 Å². The van der Waals surface area contributed by atoms with Crippen molar-refractivity contribution in [1.82, 2.24) is 5.32 Å². The van der Waals surface area contributed by atoms with E-state index in [1.54, 1.807) is 5.57 Å². The van der Waals surface area contributed by atoms with E-state index < -0.39 is 0 Å². The molecule has 1 heteroatoms. The second-order valence-corrected chi connectivity index (χ2v) is 2.87. The first-order valence-corrected chi connectivity index (χ1v) is 4.32. The molecule has 1 aliphatic heterocycles. The van der Waals surface area contributed by atoms with Gasteiger partial charge in [0.25, 0.3) is 0 Å². The van der Waals surface area contributed by atoms with Crippen molar-refractivity contribution in [3.05, 3.63) is 11.6 Å². The fraction of sp³-hybridized carbons (Fsp3) is 0.778. The first kappa shape index (κ1) is 7.80. The first-order valence-electron chi connectivity index (χ1n) is 4.32. The van der Waals surface area contributed by atoms with E-state index in [4.69, 9.17) is 0 Å². The van der Waals surface area contributed by atoms with Crippen LogP contribution in [0.1, 0.15) is 32.6 Å². The van der Waals surface area contributed by atoms with Crippen LogP contribution in [0.15, 0.2) is 11.6 Å². The molecule has 0 aromatic heterocycles. The van der Waals surface area contributed by atoms with E-state index in [1.165, 1.54) is 38.8 Å². The second-order valence-electron chi connectivity index (χ2n) is 2.87. The molecular weight excluding hydrogens is 122 g/mol. The lowest BCUT2D eigenvalue weighted by atomic mass is 10.1. The Morgan fingerprint density at radius 1 is 1.40 bits per heavy atom. The van der Waals surface area contributed by atoms with Gasteiger partial charge >= 0.3 is 0 Å². The molecule has 0 spiro atoms. The highest BCUT2D eigenvalue weighted by molar-refractivity contribution is 5.03. The minimum absolute atomic E-state index is 1.19. The molecule has 1 nitrogen and oxygen atoms in total.